The minimum atomic E-state index is 0.638. The molecule has 1 N–H and O–H groups in total. The molecule has 1 aliphatic carbocycles. The highest BCUT2D eigenvalue weighted by Crippen LogP contribution is 2.26. The summed E-state index contributed by atoms with van der Waals surface area (Å²) in [6.07, 6.45) is 6.35. The average molecular weight is 299 g/mol. The molecule has 3 rings (SSSR count). The summed E-state index contributed by atoms with van der Waals surface area (Å²) < 4.78 is 0. The van der Waals surface area contributed by atoms with E-state index in [4.69, 9.17) is 0 Å². The number of rotatable bonds is 8. The van der Waals surface area contributed by atoms with Crippen molar-refractivity contribution < 1.29 is 0 Å². The third kappa shape index (κ3) is 4.42. The van der Waals surface area contributed by atoms with E-state index in [2.05, 4.69) is 54.7 Å². The summed E-state index contributed by atoms with van der Waals surface area (Å²) in [6.45, 7) is 3.36. The number of benzene rings is 1. The van der Waals surface area contributed by atoms with E-state index in [0.29, 0.717) is 5.92 Å². The van der Waals surface area contributed by atoms with E-state index in [1.54, 1.807) is 4.88 Å². The third-order valence-corrected chi connectivity index (χ3v) is 5.60. The van der Waals surface area contributed by atoms with Crippen LogP contribution in [0, 0.1) is 0 Å². The first kappa shape index (κ1) is 14.8. The molecule has 1 aliphatic rings. The van der Waals surface area contributed by atoms with Crippen molar-refractivity contribution in [1.82, 2.24) is 5.32 Å². The van der Waals surface area contributed by atoms with Gasteiger partial charge in [0.05, 0.1) is 0 Å². The van der Waals surface area contributed by atoms with Gasteiger partial charge in [0, 0.05) is 22.3 Å². The normalized spacial score (nSPS) is 16.0. The molecule has 0 radical (unpaired) electrons. The molecule has 0 saturated heterocycles. The Morgan fingerprint density at radius 1 is 1.10 bits per heavy atom. The lowest BCUT2D eigenvalue weighted by Gasteiger charge is -2.18. The minimum Gasteiger partial charge on any atom is -0.313 e. The molecule has 1 fully saturated rings. The lowest BCUT2D eigenvalue weighted by Crippen LogP contribution is -2.23. The van der Waals surface area contributed by atoms with Crippen molar-refractivity contribution in [3.8, 4) is 0 Å². The largest absolute Gasteiger partial charge is 0.313 e. The first-order valence-corrected chi connectivity index (χ1v) is 9.02. The van der Waals surface area contributed by atoms with Crippen LogP contribution in [0.4, 0.5) is 0 Å². The molecule has 2 heteroatoms. The zero-order chi connectivity index (χ0) is 14.5. The summed E-state index contributed by atoms with van der Waals surface area (Å²) in [6, 6.07) is 16.4. The van der Waals surface area contributed by atoms with Crippen molar-refractivity contribution >= 4 is 11.3 Å². The van der Waals surface area contributed by atoms with E-state index in [1.807, 2.05) is 11.3 Å². The van der Waals surface area contributed by atoms with E-state index in [0.717, 1.165) is 19.0 Å². The van der Waals surface area contributed by atoms with Gasteiger partial charge in [0.1, 0.15) is 0 Å². The molecule has 1 aromatic carbocycles. The summed E-state index contributed by atoms with van der Waals surface area (Å²) in [4.78, 5) is 3.05. The van der Waals surface area contributed by atoms with Crippen molar-refractivity contribution in [2.75, 3.05) is 6.54 Å². The average Bonchev–Trinajstić information content (AvgIpc) is 3.25. The Kier molecular flexibility index (Phi) is 5.10. The van der Waals surface area contributed by atoms with E-state index in [-0.39, 0.29) is 0 Å². The molecule has 0 spiro atoms. The highest BCUT2D eigenvalue weighted by Gasteiger charge is 2.22. The second-order valence-corrected chi connectivity index (χ2v) is 7.30. The molecule has 2 aromatic rings. The fourth-order valence-corrected chi connectivity index (χ4v) is 3.74. The van der Waals surface area contributed by atoms with E-state index in [9.17, 15) is 0 Å². The summed E-state index contributed by atoms with van der Waals surface area (Å²) in [7, 11) is 0. The van der Waals surface area contributed by atoms with Gasteiger partial charge in [0.15, 0.2) is 0 Å². The van der Waals surface area contributed by atoms with Crippen molar-refractivity contribution in [2.24, 2.45) is 0 Å². The Labute approximate surface area is 132 Å². The van der Waals surface area contributed by atoms with Gasteiger partial charge < -0.3 is 5.32 Å². The van der Waals surface area contributed by atoms with Gasteiger partial charge >= 0.3 is 0 Å². The molecule has 0 bridgehead atoms. The molecule has 1 aromatic heterocycles. The van der Waals surface area contributed by atoms with Gasteiger partial charge in [0.2, 0.25) is 0 Å². The number of hydrogen-bond donors (Lipinski definition) is 1. The summed E-state index contributed by atoms with van der Waals surface area (Å²) in [5.74, 6) is 0.638. The Morgan fingerprint density at radius 2 is 1.86 bits per heavy atom. The van der Waals surface area contributed by atoms with E-state index < -0.39 is 0 Å². The third-order valence-electron chi connectivity index (χ3n) is 4.31. The van der Waals surface area contributed by atoms with Crippen LogP contribution in [-0.4, -0.2) is 12.6 Å². The maximum absolute atomic E-state index is 3.71. The van der Waals surface area contributed by atoms with E-state index >= 15 is 0 Å². The van der Waals surface area contributed by atoms with Crippen LogP contribution >= 0.6 is 11.3 Å². The van der Waals surface area contributed by atoms with Crippen molar-refractivity contribution in [3.05, 3.63) is 57.8 Å². The summed E-state index contributed by atoms with van der Waals surface area (Å²) in [5, 5.41) is 3.71. The lowest BCUT2D eigenvalue weighted by atomic mass is 9.94. The van der Waals surface area contributed by atoms with Gasteiger partial charge in [-0.1, -0.05) is 37.3 Å². The molecule has 112 valence electrons. The molecule has 1 atom stereocenters. The molecule has 1 saturated carbocycles. The monoisotopic (exact) mass is 299 g/mol. The van der Waals surface area contributed by atoms with Crippen molar-refractivity contribution in [2.45, 2.75) is 51.0 Å². The maximum Gasteiger partial charge on any atom is 0.00684 e. The Balaban J connectivity index is 1.60. The summed E-state index contributed by atoms with van der Waals surface area (Å²) in [5.41, 5.74) is 1.48. The molecule has 1 unspecified atom stereocenters. The SMILES string of the molecule is CCc1ccc(CCC(CNC2CC2)c2ccccc2)s1. The molecule has 1 nitrogen and oxygen atoms in total. The molecule has 0 amide bonds. The second kappa shape index (κ2) is 7.24. The number of aryl methyl sites for hydroxylation is 2. The van der Waals surface area contributed by atoms with Gasteiger partial charge in [-0.05, 0) is 55.7 Å². The van der Waals surface area contributed by atoms with E-state index in [1.165, 1.54) is 36.1 Å². The number of nitrogens with one attached hydrogen (secondary N) is 1. The van der Waals surface area contributed by atoms with Crippen molar-refractivity contribution in [1.29, 1.82) is 0 Å². The Hall–Kier alpha value is -1.12. The van der Waals surface area contributed by atoms with Gasteiger partial charge in [-0.25, -0.2) is 0 Å². The topological polar surface area (TPSA) is 12.0 Å². The van der Waals surface area contributed by atoms with Crippen molar-refractivity contribution in [3.63, 3.8) is 0 Å². The number of thiophene rings is 1. The molecule has 1 heterocycles. The second-order valence-electron chi connectivity index (χ2n) is 6.05. The molecular formula is C19H25NS. The molecular weight excluding hydrogens is 274 g/mol. The molecule has 21 heavy (non-hydrogen) atoms. The summed E-state index contributed by atoms with van der Waals surface area (Å²) >= 11 is 1.99. The fourth-order valence-electron chi connectivity index (χ4n) is 2.77. The Morgan fingerprint density at radius 3 is 2.52 bits per heavy atom. The highest BCUT2D eigenvalue weighted by atomic mass is 32.1. The van der Waals surface area contributed by atoms with Crippen LogP contribution in [0.5, 0.6) is 0 Å². The van der Waals surface area contributed by atoms with Crippen LogP contribution in [0.25, 0.3) is 0 Å². The fraction of sp³-hybridized carbons (Fsp3) is 0.474. The van der Waals surface area contributed by atoms with Crippen LogP contribution in [-0.2, 0) is 12.8 Å². The predicted octanol–water partition coefficient (Wildman–Crippen LogP) is 4.78. The van der Waals surface area contributed by atoms with Crippen LogP contribution in [0.15, 0.2) is 42.5 Å². The smallest absolute Gasteiger partial charge is 0.00684 e. The maximum atomic E-state index is 3.71. The standard InChI is InChI=1S/C19H25NS/c1-2-18-12-13-19(21-18)11-8-16(14-20-17-9-10-17)15-6-4-3-5-7-15/h3-7,12-13,16-17,20H,2,8-11,14H2,1H3. The first-order valence-electron chi connectivity index (χ1n) is 8.21. The van der Waals surface area contributed by atoms with Crippen LogP contribution in [0.1, 0.15) is 47.4 Å². The Bertz CT molecular complexity index is 542. The van der Waals surface area contributed by atoms with Gasteiger partial charge in [-0.15, -0.1) is 11.3 Å². The van der Waals surface area contributed by atoms with Crippen LogP contribution in [0.2, 0.25) is 0 Å². The lowest BCUT2D eigenvalue weighted by molar-refractivity contribution is 0.549. The predicted molar refractivity (Wildman–Crippen MR) is 92.2 cm³/mol. The van der Waals surface area contributed by atoms with Crippen LogP contribution in [0.3, 0.4) is 0 Å². The van der Waals surface area contributed by atoms with Gasteiger partial charge in [0.25, 0.3) is 0 Å². The molecule has 0 aliphatic heterocycles. The quantitative estimate of drug-likeness (QED) is 0.739. The van der Waals surface area contributed by atoms with Gasteiger partial charge in [-0.2, -0.15) is 0 Å². The van der Waals surface area contributed by atoms with Gasteiger partial charge in [-0.3, -0.25) is 0 Å². The minimum absolute atomic E-state index is 0.638. The first-order chi connectivity index (χ1) is 10.3. The zero-order valence-corrected chi connectivity index (χ0v) is 13.7. The van der Waals surface area contributed by atoms with Crippen LogP contribution < -0.4 is 5.32 Å². The highest BCUT2D eigenvalue weighted by molar-refractivity contribution is 7.11. The number of hydrogen-bond acceptors (Lipinski definition) is 2. The zero-order valence-electron chi connectivity index (χ0n) is 12.8.